The Kier molecular flexibility index (Phi) is 5.74. The fourth-order valence-corrected chi connectivity index (χ4v) is 2.04. The van der Waals surface area contributed by atoms with Crippen LogP contribution in [0, 0.1) is 6.92 Å². The van der Waals surface area contributed by atoms with Gasteiger partial charge in [-0.25, -0.2) is 5.43 Å². The highest BCUT2D eigenvalue weighted by Gasteiger charge is 2.06. The molecule has 5 nitrogen and oxygen atoms in total. The van der Waals surface area contributed by atoms with Gasteiger partial charge in [0.2, 0.25) is 0 Å². The third kappa shape index (κ3) is 4.85. The van der Waals surface area contributed by atoms with Crippen LogP contribution in [-0.4, -0.2) is 25.3 Å². The number of methoxy groups -OCH3 is 1. The van der Waals surface area contributed by atoms with Crippen LogP contribution in [0.1, 0.15) is 18.1 Å². The van der Waals surface area contributed by atoms with Crippen LogP contribution in [0.3, 0.4) is 0 Å². The number of hydrogen-bond donors (Lipinski definition) is 1. The maximum Gasteiger partial charge on any atom is 0.277 e. The van der Waals surface area contributed by atoms with E-state index < -0.39 is 0 Å². The summed E-state index contributed by atoms with van der Waals surface area (Å²) in [5.41, 5.74) is 5.05. The van der Waals surface area contributed by atoms with Gasteiger partial charge in [0, 0.05) is 5.56 Å². The van der Waals surface area contributed by atoms with Gasteiger partial charge >= 0.3 is 0 Å². The van der Waals surface area contributed by atoms with E-state index in [1.807, 2.05) is 55.5 Å². The number of carbonyl (C=O) groups is 1. The van der Waals surface area contributed by atoms with Crippen LogP contribution in [0.15, 0.2) is 53.6 Å². The van der Waals surface area contributed by atoms with Crippen LogP contribution in [0.5, 0.6) is 11.5 Å². The number of nitrogens with one attached hydrogen (secondary N) is 1. The molecule has 0 fully saturated rings. The lowest BCUT2D eigenvalue weighted by Gasteiger charge is -2.08. The fourth-order valence-electron chi connectivity index (χ4n) is 2.04. The van der Waals surface area contributed by atoms with Gasteiger partial charge in [0.15, 0.2) is 6.61 Å². The highest BCUT2D eigenvalue weighted by Crippen LogP contribution is 2.17. The second-order valence-corrected chi connectivity index (χ2v) is 5.04. The van der Waals surface area contributed by atoms with Crippen molar-refractivity contribution >= 4 is 11.6 Å². The number of carbonyl (C=O) groups excluding carboxylic acids is 1. The molecule has 0 aliphatic carbocycles. The molecule has 0 aliphatic rings. The van der Waals surface area contributed by atoms with Gasteiger partial charge in [-0.2, -0.15) is 5.10 Å². The Labute approximate surface area is 135 Å². The summed E-state index contributed by atoms with van der Waals surface area (Å²) < 4.78 is 10.7. The predicted molar refractivity (Wildman–Crippen MR) is 90.0 cm³/mol. The number of hydrazone groups is 1. The van der Waals surface area contributed by atoms with E-state index in [-0.39, 0.29) is 12.5 Å². The first-order chi connectivity index (χ1) is 11.1. The van der Waals surface area contributed by atoms with Crippen molar-refractivity contribution in [3.05, 3.63) is 59.7 Å². The third-order valence-corrected chi connectivity index (χ3v) is 3.20. The van der Waals surface area contributed by atoms with Crippen molar-refractivity contribution in [2.24, 2.45) is 5.10 Å². The topological polar surface area (TPSA) is 59.9 Å². The zero-order valence-electron chi connectivity index (χ0n) is 13.5. The van der Waals surface area contributed by atoms with Gasteiger partial charge in [-0.05, 0) is 43.7 Å². The van der Waals surface area contributed by atoms with Gasteiger partial charge in [-0.1, -0.05) is 24.3 Å². The maximum atomic E-state index is 11.8. The maximum absolute atomic E-state index is 11.8. The van der Waals surface area contributed by atoms with Crippen molar-refractivity contribution in [2.45, 2.75) is 13.8 Å². The Balaban J connectivity index is 1.92. The summed E-state index contributed by atoms with van der Waals surface area (Å²) in [6, 6.07) is 15.0. The van der Waals surface area contributed by atoms with Gasteiger partial charge in [0.05, 0.1) is 12.8 Å². The number of aryl methyl sites for hydroxylation is 1. The number of amides is 1. The number of para-hydroxylation sites is 1. The van der Waals surface area contributed by atoms with E-state index in [1.54, 1.807) is 14.0 Å². The van der Waals surface area contributed by atoms with E-state index in [9.17, 15) is 4.79 Å². The van der Waals surface area contributed by atoms with E-state index in [2.05, 4.69) is 10.5 Å². The summed E-state index contributed by atoms with van der Waals surface area (Å²) in [5, 5.41) is 4.09. The lowest BCUT2D eigenvalue weighted by molar-refractivity contribution is -0.123. The normalized spacial score (nSPS) is 11.0. The average Bonchev–Trinajstić information content (AvgIpc) is 2.57. The van der Waals surface area contributed by atoms with Crippen LogP contribution in [0.25, 0.3) is 0 Å². The van der Waals surface area contributed by atoms with Crippen molar-refractivity contribution in [1.29, 1.82) is 0 Å². The molecule has 0 atom stereocenters. The number of ether oxygens (including phenoxy) is 2. The number of rotatable bonds is 6. The number of nitrogens with zero attached hydrogens (tertiary/aromatic N) is 1. The molecular formula is C18H20N2O3. The van der Waals surface area contributed by atoms with Crippen LogP contribution in [-0.2, 0) is 4.79 Å². The minimum Gasteiger partial charge on any atom is -0.496 e. The molecule has 2 aromatic carbocycles. The molecule has 2 aromatic rings. The predicted octanol–water partition coefficient (Wildman–Crippen LogP) is 2.92. The minimum atomic E-state index is -0.319. The smallest absolute Gasteiger partial charge is 0.277 e. The molecule has 1 amide bonds. The van der Waals surface area contributed by atoms with Gasteiger partial charge in [-0.15, -0.1) is 0 Å². The molecule has 23 heavy (non-hydrogen) atoms. The zero-order chi connectivity index (χ0) is 16.7. The summed E-state index contributed by atoms with van der Waals surface area (Å²) in [6.07, 6.45) is 0. The Morgan fingerprint density at radius 1 is 1.17 bits per heavy atom. The highest BCUT2D eigenvalue weighted by molar-refractivity contribution is 6.01. The summed E-state index contributed by atoms with van der Waals surface area (Å²) >= 11 is 0. The van der Waals surface area contributed by atoms with Crippen LogP contribution in [0.2, 0.25) is 0 Å². The van der Waals surface area contributed by atoms with Crippen molar-refractivity contribution in [1.82, 2.24) is 5.43 Å². The van der Waals surface area contributed by atoms with E-state index in [0.717, 1.165) is 11.1 Å². The molecule has 5 heteroatoms. The summed E-state index contributed by atoms with van der Waals surface area (Å²) in [5.74, 6) is 1.05. The fraction of sp³-hybridized carbons (Fsp3) is 0.222. The van der Waals surface area contributed by atoms with E-state index in [1.165, 1.54) is 0 Å². The Bertz CT molecular complexity index is 711. The van der Waals surface area contributed by atoms with Gasteiger partial charge in [0.1, 0.15) is 11.5 Å². The first-order valence-corrected chi connectivity index (χ1v) is 7.26. The lowest BCUT2D eigenvalue weighted by Crippen LogP contribution is -2.25. The van der Waals surface area contributed by atoms with Crippen LogP contribution < -0.4 is 14.9 Å². The zero-order valence-corrected chi connectivity index (χ0v) is 13.5. The average molecular weight is 312 g/mol. The highest BCUT2D eigenvalue weighted by atomic mass is 16.5. The summed E-state index contributed by atoms with van der Waals surface area (Å²) in [6.45, 7) is 3.68. The Hall–Kier alpha value is -2.82. The van der Waals surface area contributed by atoms with Crippen LogP contribution in [0.4, 0.5) is 0 Å². The second kappa shape index (κ2) is 7.98. The molecule has 0 saturated carbocycles. The van der Waals surface area contributed by atoms with Crippen LogP contribution >= 0.6 is 0 Å². The Morgan fingerprint density at radius 3 is 2.70 bits per heavy atom. The minimum absolute atomic E-state index is 0.0911. The number of benzene rings is 2. The van der Waals surface area contributed by atoms with Gasteiger partial charge < -0.3 is 9.47 Å². The number of hydrogen-bond acceptors (Lipinski definition) is 4. The molecule has 120 valence electrons. The molecule has 2 rings (SSSR count). The first-order valence-electron chi connectivity index (χ1n) is 7.26. The largest absolute Gasteiger partial charge is 0.496 e. The monoisotopic (exact) mass is 312 g/mol. The lowest BCUT2D eigenvalue weighted by atomic mass is 10.1. The quantitative estimate of drug-likeness (QED) is 0.659. The van der Waals surface area contributed by atoms with Crippen molar-refractivity contribution < 1.29 is 14.3 Å². The molecule has 0 bridgehead atoms. The Morgan fingerprint density at radius 2 is 1.96 bits per heavy atom. The van der Waals surface area contributed by atoms with E-state index >= 15 is 0 Å². The molecule has 0 heterocycles. The molecule has 0 unspecified atom stereocenters. The van der Waals surface area contributed by atoms with Gasteiger partial charge in [0.25, 0.3) is 5.91 Å². The standard InChI is InChI=1S/C18H20N2O3/c1-13-7-6-8-15(11-13)23-12-18(21)20-19-14(2)16-9-4-5-10-17(16)22-3/h4-11H,12H2,1-3H3,(H,20,21)/b19-14-. The molecule has 0 aliphatic heterocycles. The molecular weight excluding hydrogens is 292 g/mol. The van der Waals surface area contributed by atoms with Gasteiger partial charge in [-0.3, -0.25) is 4.79 Å². The molecule has 0 saturated heterocycles. The van der Waals surface area contributed by atoms with Crippen molar-refractivity contribution in [3.63, 3.8) is 0 Å². The van der Waals surface area contributed by atoms with E-state index in [4.69, 9.17) is 9.47 Å². The van der Waals surface area contributed by atoms with E-state index in [0.29, 0.717) is 17.2 Å². The van der Waals surface area contributed by atoms with Crippen molar-refractivity contribution in [3.8, 4) is 11.5 Å². The SMILES string of the molecule is COc1ccccc1/C(C)=N\NC(=O)COc1cccc(C)c1. The first kappa shape index (κ1) is 16.5. The molecule has 0 aromatic heterocycles. The molecule has 0 spiro atoms. The third-order valence-electron chi connectivity index (χ3n) is 3.20. The molecule has 0 radical (unpaired) electrons. The second-order valence-electron chi connectivity index (χ2n) is 5.04. The summed E-state index contributed by atoms with van der Waals surface area (Å²) in [7, 11) is 1.60. The summed E-state index contributed by atoms with van der Waals surface area (Å²) in [4.78, 5) is 11.8. The molecule has 1 N–H and O–H groups in total. The van der Waals surface area contributed by atoms with Crippen molar-refractivity contribution in [2.75, 3.05) is 13.7 Å².